The van der Waals surface area contributed by atoms with Gasteiger partial charge >= 0.3 is 6.03 Å². The molecular weight excluding hydrogens is 272 g/mol. The number of hydrogen-bond acceptors (Lipinski definition) is 4. The van der Waals surface area contributed by atoms with Gasteiger partial charge in [0, 0.05) is 18.7 Å². The molecule has 0 aliphatic carbocycles. The topological polar surface area (TPSA) is 68.8 Å². The largest absolute Gasteiger partial charge is 0.493 e. The lowest BCUT2D eigenvalue weighted by Gasteiger charge is -2.14. The minimum absolute atomic E-state index is 0.250. The van der Waals surface area contributed by atoms with E-state index in [9.17, 15) is 4.79 Å². The van der Waals surface area contributed by atoms with Crippen LogP contribution in [0, 0.1) is 0 Å². The first-order valence-corrected chi connectivity index (χ1v) is 7.01. The van der Waals surface area contributed by atoms with Crippen molar-refractivity contribution >= 4 is 11.7 Å². The predicted molar refractivity (Wildman–Crippen MR) is 82.6 cm³/mol. The Bertz CT molecular complexity index is 438. The molecule has 21 heavy (non-hydrogen) atoms. The lowest BCUT2D eigenvalue weighted by molar-refractivity contribution is 0.252. The highest BCUT2D eigenvalue weighted by molar-refractivity contribution is 5.90. The van der Waals surface area contributed by atoms with Gasteiger partial charge in [-0.2, -0.15) is 0 Å². The van der Waals surface area contributed by atoms with Crippen LogP contribution in [-0.4, -0.2) is 33.9 Å². The van der Waals surface area contributed by atoms with Crippen LogP contribution in [0.2, 0.25) is 0 Å². The van der Waals surface area contributed by atoms with Crippen LogP contribution >= 0.6 is 0 Å². The lowest BCUT2D eigenvalue weighted by Crippen LogP contribution is -2.29. The van der Waals surface area contributed by atoms with Crippen LogP contribution in [0.4, 0.5) is 10.5 Å². The second-order valence-electron chi connectivity index (χ2n) is 4.50. The molecule has 0 saturated heterocycles. The average Bonchev–Trinajstić information content (AvgIpc) is 2.50. The number of carbonyl (C=O) groups excluding carboxylic acids is 1. The molecule has 0 aromatic heterocycles. The maximum atomic E-state index is 11.8. The highest BCUT2D eigenvalue weighted by atomic mass is 16.5. The molecule has 2 N–H and O–H groups in total. The average molecular weight is 296 g/mol. The maximum Gasteiger partial charge on any atom is 0.319 e. The highest BCUT2D eigenvalue weighted by Gasteiger charge is 2.14. The molecule has 2 amide bonds. The van der Waals surface area contributed by atoms with E-state index in [1.807, 2.05) is 0 Å². The summed E-state index contributed by atoms with van der Waals surface area (Å²) in [4.78, 5) is 11.8. The van der Waals surface area contributed by atoms with E-state index in [0.717, 1.165) is 19.3 Å². The third-order valence-corrected chi connectivity index (χ3v) is 2.99. The molecule has 118 valence electrons. The quantitative estimate of drug-likeness (QED) is 0.724. The van der Waals surface area contributed by atoms with Crippen LogP contribution in [0.5, 0.6) is 17.2 Å². The van der Waals surface area contributed by atoms with Crippen molar-refractivity contribution in [2.45, 2.75) is 26.2 Å². The fourth-order valence-corrected chi connectivity index (χ4v) is 1.91. The Morgan fingerprint density at radius 2 is 1.67 bits per heavy atom. The number of nitrogens with one attached hydrogen (secondary N) is 2. The van der Waals surface area contributed by atoms with Crippen LogP contribution in [0.25, 0.3) is 0 Å². The summed E-state index contributed by atoms with van der Waals surface area (Å²) in [7, 11) is 4.60. The first-order valence-electron chi connectivity index (χ1n) is 7.01. The molecule has 0 fully saturated rings. The highest BCUT2D eigenvalue weighted by Crippen LogP contribution is 2.39. The Labute approximate surface area is 125 Å². The van der Waals surface area contributed by atoms with E-state index in [1.165, 1.54) is 21.3 Å². The molecule has 0 bridgehead atoms. The number of carbonyl (C=O) groups is 1. The van der Waals surface area contributed by atoms with E-state index in [2.05, 4.69) is 17.6 Å². The summed E-state index contributed by atoms with van der Waals surface area (Å²) in [5.41, 5.74) is 0.581. The number of urea groups is 1. The van der Waals surface area contributed by atoms with Crippen molar-refractivity contribution in [1.82, 2.24) is 5.32 Å². The van der Waals surface area contributed by atoms with E-state index >= 15 is 0 Å². The van der Waals surface area contributed by atoms with Gasteiger partial charge in [-0.25, -0.2) is 4.79 Å². The minimum atomic E-state index is -0.250. The number of anilines is 1. The van der Waals surface area contributed by atoms with Crippen molar-refractivity contribution in [2.24, 2.45) is 0 Å². The van der Waals surface area contributed by atoms with Gasteiger partial charge in [0.2, 0.25) is 5.75 Å². The van der Waals surface area contributed by atoms with Crippen LogP contribution in [0.3, 0.4) is 0 Å². The Morgan fingerprint density at radius 1 is 1.05 bits per heavy atom. The Hall–Kier alpha value is -2.11. The molecule has 0 unspecified atom stereocenters. The second-order valence-corrected chi connectivity index (χ2v) is 4.50. The molecular formula is C15H24N2O4. The van der Waals surface area contributed by atoms with Crippen molar-refractivity contribution in [3.63, 3.8) is 0 Å². The molecule has 1 aromatic carbocycles. The normalized spacial score (nSPS) is 9.90. The van der Waals surface area contributed by atoms with Crippen molar-refractivity contribution in [2.75, 3.05) is 33.2 Å². The predicted octanol–water partition coefficient (Wildman–Crippen LogP) is 3.02. The van der Waals surface area contributed by atoms with Crippen molar-refractivity contribution in [1.29, 1.82) is 0 Å². The van der Waals surface area contributed by atoms with E-state index in [4.69, 9.17) is 14.2 Å². The number of methoxy groups -OCH3 is 3. The molecule has 0 saturated carbocycles. The number of benzene rings is 1. The van der Waals surface area contributed by atoms with Gasteiger partial charge in [0.05, 0.1) is 27.0 Å². The van der Waals surface area contributed by atoms with Gasteiger partial charge in [0.15, 0.2) is 11.5 Å². The zero-order valence-electron chi connectivity index (χ0n) is 13.1. The van der Waals surface area contributed by atoms with E-state index < -0.39 is 0 Å². The van der Waals surface area contributed by atoms with Crippen LogP contribution in [0.1, 0.15) is 26.2 Å². The molecule has 0 heterocycles. The monoisotopic (exact) mass is 296 g/mol. The fraction of sp³-hybridized carbons (Fsp3) is 0.533. The summed E-state index contributed by atoms with van der Waals surface area (Å²) in [6, 6.07) is 3.13. The van der Waals surface area contributed by atoms with Crippen LogP contribution in [0.15, 0.2) is 12.1 Å². The van der Waals surface area contributed by atoms with Gasteiger partial charge in [-0.3, -0.25) is 0 Å². The lowest BCUT2D eigenvalue weighted by atomic mass is 10.2. The number of amides is 2. The molecule has 0 aliphatic rings. The van der Waals surface area contributed by atoms with E-state index in [1.54, 1.807) is 12.1 Å². The molecule has 1 rings (SSSR count). The Morgan fingerprint density at radius 3 is 2.14 bits per heavy atom. The zero-order valence-corrected chi connectivity index (χ0v) is 13.1. The van der Waals surface area contributed by atoms with Crippen LogP contribution in [-0.2, 0) is 0 Å². The summed E-state index contributed by atoms with van der Waals surface area (Å²) in [5, 5.41) is 5.56. The molecule has 6 heteroatoms. The van der Waals surface area contributed by atoms with Gasteiger partial charge in [-0.1, -0.05) is 19.8 Å². The smallest absolute Gasteiger partial charge is 0.319 e. The number of rotatable bonds is 8. The number of hydrogen-bond donors (Lipinski definition) is 2. The molecule has 6 nitrogen and oxygen atoms in total. The SMILES string of the molecule is CCCCCNC(=O)Nc1cc(OC)c(OC)c(OC)c1. The van der Waals surface area contributed by atoms with Gasteiger partial charge in [0.25, 0.3) is 0 Å². The first kappa shape index (κ1) is 16.9. The van der Waals surface area contributed by atoms with Crippen molar-refractivity contribution in [3.8, 4) is 17.2 Å². The summed E-state index contributed by atoms with van der Waals surface area (Å²) in [6.45, 7) is 2.78. The Kier molecular flexibility index (Phi) is 7.21. The zero-order chi connectivity index (χ0) is 15.7. The summed E-state index contributed by atoms with van der Waals surface area (Å²) >= 11 is 0. The molecule has 0 atom stereocenters. The van der Waals surface area contributed by atoms with E-state index in [-0.39, 0.29) is 6.03 Å². The summed E-state index contributed by atoms with van der Waals surface area (Å²) < 4.78 is 15.7. The minimum Gasteiger partial charge on any atom is -0.493 e. The Balaban J connectivity index is 2.72. The van der Waals surface area contributed by atoms with Crippen LogP contribution < -0.4 is 24.8 Å². The standard InChI is InChI=1S/C15H24N2O4/c1-5-6-7-8-16-15(18)17-11-9-12(19-2)14(21-4)13(10-11)20-3/h9-10H,5-8H2,1-4H3,(H2,16,17,18). The van der Waals surface area contributed by atoms with Gasteiger partial charge in [0.1, 0.15) is 0 Å². The van der Waals surface area contributed by atoms with Gasteiger partial charge in [-0.05, 0) is 6.42 Å². The summed E-state index contributed by atoms with van der Waals surface area (Å²) in [5.74, 6) is 1.49. The molecule has 0 aliphatic heterocycles. The third kappa shape index (κ3) is 5.06. The maximum absolute atomic E-state index is 11.8. The number of unbranched alkanes of at least 4 members (excludes halogenated alkanes) is 2. The van der Waals surface area contributed by atoms with Gasteiger partial charge < -0.3 is 24.8 Å². The second kappa shape index (κ2) is 8.94. The number of ether oxygens (including phenoxy) is 3. The van der Waals surface area contributed by atoms with E-state index in [0.29, 0.717) is 29.5 Å². The van der Waals surface area contributed by atoms with Gasteiger partial charge in [-0.15, -0.1) is 0 Å². The third-order valence-electron chi connectivity index (χ3n) is 2.99. The molecule has 0 spiro atoms. The molecule has 1 aromatic rings. The molecule has 0 radical (unpaired) electrons. The fourth-order valence-electron chi connectivity index (χ4n) is 1.91. The first-order chi connectivity index (χ1) is 10.2. The van der Waals surface area contributed by atoms with Crippen molar-refractivity contribution in [3.05, 3.63) is 12.1 Å². The summed E-state index contributed by atoms with van der Waals surface area (Å²) in [6.07, 6.45) is 3.19. The van der Waals surface area contributed by atoms with Crippen molar-refractivity contribution < 1.29 is 19.0 Å².